The van der Waals surface area contributed by atoms with Crippen molar-refractivity contribution in [2.75, 3.05) is 0 Å². The number of rotatable bonds is 2. The van der Waals surface area contributed by atoms with Crippen molar-refractivity contribution in [3.63, 3.8) is 0 Å². The van der Waals surface area contributed by atoms with Crippen LogP contribution in [-0.4, -0.2) is 0 Å². The topological polar surface area (TPSA) is 0 Å². The minimum atomic E-state index is 1.13. The molecule has 0 saturated heterocycles. The summed E-state index contributed by atoms with van der Waals surface area (Å²) in [5.74, 6) is 0. The molecule has 0 fully saturated rings. The van der Waals surface area contributed by atoms with Crippen molar-refractivity contribution in [2.24, 2.45) is 0 Å². The fourth-order valence-electron chi connectivity index (χ4n) is 4.50. The van der Waals surface area contributed by atoms with Crippen LogP contribution in [0.3, 0.4) is 0 Å². The first-order chi connectivity index (χ1) is 13.3. The highest BCUT2D eigenvalue weighted by Gasteiger charge is 2.28. The van der Waals surface area contributed by atoms with E-state index in [2.05, 4.69) is 85.8 Å². The van der Waals surface area contributed by atoms with Gasteiger partial charge >= 0.3 is 0 Å². The zero-order valence-electron chi connectivity index (χ0n) is 15.8. The van der Waals surface area contributed by atoms with Gasteiger partial charge in [0.25, 0.3) is 0 Å². The molecule has 0 amide bonds. The average Bonchev–Trinajstić information content (AvgIpc) is 3.04. The first-order valence-electron chi connectivity index (χ1n) is 10.0. The van der Waals surface area contributed by atoms with Gasteiger partial charge in [-0.3, -0.25) is 0 Å². The molecule has 0 spiro atoms. The fourth-order valence-corrected chi connectivity index (χ4v) is 4.50. The quantitative estimate of drug-likeness (QED) is 0.455. The van der Waals surface area contributed by atoms with Gasteiger partial charge in [0.15, 0.2) is 0 Å². The second-order valence-corrected chi connectivity index (χ2v) is 7.62. The predicted octanol–water partition coefficient (Wildman–Crippen LogP) is 7.33. The normalized spacial score (nSPS) is 17.3. The Morgan fingerprint density at radius 1 is 0.667 bits per heavy atom. The van der Waals surface area contributed by atoms with Crippen LogP contribution in [0.15, 0.2) is 95.6 Å². The van der Waals surface area contributed by atoms with Crippen LogP contribution in [0.1, 0.15) is 42.4 Å². The molecule has 0 unspecified atom stereocenters. The largest absolute Gasteiger partial charge is 0.0836 e. The summed E-state index contributed by atoms with van der Waals surface area (Å²) in [6.07, 6.45) is 18.7. The van der Waals surface area contributed by atoms with Gasteiger partial charge in [-0.25, -0.2) is 0 Å². The van der Waals surface area contributed by atoms with Crippen molar-refractivity contribution in [1.82, 2.24) is 0 Å². The molecule has 0 saturated carbocycles. The van der Waals surface area contributed by atoms with Crippen molar-refractivity contribution in [3.8, 4) is 11.1 Å². The Hall–Kier alpha value is -2.86. The molecule has 0 radical (unpaired) electrons. The molecule has 27 heavy (non-hydrogen) atoms. The first kappa shape index (κ1) is 16.3. The van der Waals surface area contributed by atoms with Crippen molar-refractivity contribution in [3.05, 3.63) is 112 Å². The van der Waals surface area contributed by atoms with Gasteiger partial charge in [0, 0.05) is 0 Å². The molecule has 0 heterocycles. The van der Waals surface area contributed by atoms with E-state index in [4.69, 9.17) is 0 Å². The highest BCUT2D eigenvalue weighted by atomic mass is 14.3. The molecule has 0 bridgehead atoms. The lowest BCUT2D eigenvalue weighted by Gasteiger charge is -2.20. The van der Waals surface area contributed by atoms with E-state index in [-0.39, 0.29) is 0 Å². The Balaban J connectivity index is 1.87. The molecular weight excluding hydrogens is 324 g/mol. The van der Waals surface area contributed by atoms with Crippen LogP contribution in [-0.2, 0) is 0 Å². The van der Waals surface area contributed by atoms with Crippen LogP contribution in [0.4, 0.5) is 0 Å². The standard InChI is InChI=1S/C27H24/c1-19-16-17-23-22-14-8-9-15-24(22)27(25(23)18-19)26(20-10-4-2-5-11-20)21-12-6-3-7-13-21/h4,6,8-18H,2-3,5,7H2,1H3. The summed E-state index contributed by atoms with van der Waals surface area (Å²) in [6, 6.07) is 15.8. The molecule has 132 valence electrons. The van der Waals surface area contributed by atoms with Crippen molar-refractivity contribution in [1.29, 1.82) is 0 Å². The molecule has 2 aromatic carbocycles. The highest BCUT2D eigenvalue weighted by Crippen LogP contribution is 2.49. The minimum absolute atomic E-state index is 1.13. The Morgan fingerprint density at radius 2 is 1.30 bits per heavy atom. The summed E-state index contributed by atoms with van der Waals surface area (Å²) in [7, 11) is 0. The molecule has 0 N–H and O–H groups in total. The van der Waals surface area contributed by atoms with Crippen molar-refractivity contribution >= 4 is 5.57 Å². The summed E-state index contributed by atoms with van der Waals surface area (Å²) >= 11 is 0. The summed E-state index contributed by atoms with van der Waals surface area (Å²) in [5, 5.41) is 0. The van der Waals surface area contributed by atoms with E-state index in [1.54, 1.807) is 0 Å². The van der Waals surface area contributed by atoms with Gasteiger partial charge in [-0.05, 0) is 77.2 Å². The minimum Gasteiger partial charge on any atom is -0.0836 e. The van der Waals surface area contributed by atoms with Crippen LogP contribution < -0.4 is 0 Å². The number of benzene rings is 2. The number of hydrogen-bond acceptors (Lipinski definition) is 0. The monoisotopic (exact) mass is 348 g/mol. The molecule has 3 aliphatic carbocycles. The molecule has 5 rings (SSSR count). The Bertz CT molecular complexity index is 1030. The van der Waals surface area contributed by atoms with E-state index in [9.17, 15) is 0 Å². The Kier molecular flexibility index (Phi) is 4.05. The average molecular weight is 348 g/mol. The zero-order valence-corrected chi connectivity index (χ0v) is 15.8. The van der Waals surface area contributed by atoms with Gasteiger partial charge in [0.1, 0.15) is 0 Å². The van der Waals surface area contributed by atoms with Crippen LogP contribution >= 0.6 is 0 Å². The number of fused-ring (bicyclic) bond motifs is 3. The lowest BCUT2D eigenvalue weighted by molar-refractivity contribution is 1.01. The van der Waals surface area contributed by atoms with Gasteiger partial charge in [-0.1, -0.05) is 84.5 Å². The van der Waals surface area contributed by atoms with E-state index in [0.717, 1.165) is 25.7 Å². The van der Waals surface area contributed by atoms with Crippen molar-refractivity contribution in [2.45, 2.75) is 32.6 Å². The number of aryl methyl sites for hydroxylation is 1. The number of hydrogen-bond donors (Lipinski definition) is 0. The van der Waals surface area contributed by atoms with Crippen LogP contribution in [0.25, 0.3) is 16.7 Å². The maximum Gasteiger partial charge on any atom is -0.00145 e. The molecule has 0 aliphatic heterocycles. The van der Waals surface area contributed by atoms with Crippen LogP contribution in [0, 0.1) is 6.92 Å². The molecule has 0 nitrogen and oxygen atoms in total. The van der Waals surface area contributed by atoms with Gasteiger partial charge in [-0.2, -0.15) is 0 Å². The maximum absolute atomic E-state index is 2.42. The molecule has 0 heteroatoms. The molecule has 0 aromatic heterocycles. The van der Waals surface area contributed by atoms with E-state index >= 15 is 0 Å². The third kappa shape index (κ3) is 2.77. The molecule has 2 aromatic rings. The Morgan fingerprint density at radius 3 is 1.93 bits per heavy atom. The Labute approximate surface area is 161 Å². The predicted molar refractivity (Wildman–Crippen MR) is 116 cm³/mol. The second kappa shape index (κ2) is 6.70. The zero-order chi connectivity index (χ0) is 18.2. The molecule has 0 atom stereocenters. The number of allylic oxidation sites excluding steroid dienone is 9. The van der Waals surface area contributed by atoms with Gasteiger partial charge < -0.3 is 0 Å². The van der Waals surface area contributed by atoms with Gasteiger partial charge in [-0.15, -0.1) is 0 Å². The third-order valence-electron chi connectivity index (χ3n) is 5.75. The van der Waals surface area contributed by atoms with Crippen LogP contribution in [0.5, 0.6) is 0 Å². The van der Waals surface area contributed by atoms with Gasteiger partial charge in [0.05, 0.1) is 0 Å². The summed E-state index contributed by atoms with van der Waals surface area (Å²) in [5.41, 5.74) is 12.3. The van der Waals surface area contributed by atoms with Crippen molar-refractivity contribution < 1.29 is 0 Å². The first-order valence-corrected chi connectivity index (χ1v) is 10.0. The smallest absolute Gasteiger partial charge is 0.00145 e. The lowest BCUT2D eigenvalue weighted by Crippen LogP contribution is -2.01. The van der Waals surface area contributed by atoms with E-state index < -0.39 is 0 Å². The highest BCUT2D eigenvalue weighted by molar-refractivity contribution is 6.05. The maximum atomic E-state index is 2.42. The lowest BCUT2D eigenvalue weighted by atomic mass is 9.84. The molecule has 3 aliphatic rings. The fraction of sp³-hybridized carbons (Fsp3) is 0.185. The SMILES string of the molecule is Cc1ccc2c(c1)C(=C(C1=CCCC=C1)C1=CCCC=C1)c1ccccc1-2. The van der Waals surface area contributed by atoms with Gasteiger partial charge in [0.2, 0.25) is 0 Å². The van der Waals surface area contributed by atoms with E-state index in [0.29, 0.717) is 0 Å². The van der Waals surface area contributed by atoms with Crippen LogP contribution in [0.2, 0.25) is 0 Å². The second-order valence-electron chi connectivity index (χ2n) is 7.62. The third-order valence-corrected chi connectivity index (χ3v) is 5.75. The molecular formula is C27H24. The van der Waals surface area contributed by atoms with E-state index in [1.807, 2.05) is 0 Å². The summed E-state index contributed by atoms with van der Waals surface area (Å²) < 4.78 is 0. The summed E-state index contributed by atoms with van der Waals surface area (Å²) in [4.78, 5) is 0. The van der Waals surface area contributed by atoms with E-state index in [1.165, 1.54) is 50.1 Å². The summed E-state index contributed by atoms with van der Waals surface area (Å²) in [6.45, 7) is 2.19.